The summed E-state index contributed by atoms with van der Waals surface area (Å²) in [6.07, 6.45) is 1.50. The Hall–Kier alpha value is -1.95. The van der Waals surface area contributed by atoms with Crippen LogP contribution < -0.4 is 4.74 Å². The standard InChI is InChI=1S/C24H35N2O7P/c1-22(2,33-34(28,29)30)11-13-31-23(3,4)21-20(26-12-7-8-19(26)27)17-14-16(15-25)9-10-18(17)32-24(21,5)6/h9-10,14,20-21H,7-8,11-13H2,1-6H3,(H2,28,29,30). The first-order valence-corrected chi connectivity index (χ1v) is 13.0. The van der Waals surface area contributed by atoms with Crippen LogP contribution in [0, 0.1) is 17.2 Å². The number of likely N-dealkylation sites (tertiary alicyclic amines) is 1. The van der Waals surface area contributed by atoms with E-state index in [1.165, 1.54) is 0 Å². The number of nitriles is 1. The number of phosphoric acid groups is 1. The number of phosphoric ester groups is 1. The van der Waals surface area contributed by atoms with Crippen LogP contribution in [0.4, 0.5) is 0 Å². The zero-order chi connectivity index (χ0) is 25.5. The third-order valence-corrected chi connectivity index (χ3v) is 7.37. The van der Waals surface area contributed by atoms with Gasteiger partial charge in [0.25, 0.3) is 0 Å². The number of hydrogen-bond donors (Lipinski definition) is 2. The Bertz CT molecular complexity index is 1020. The maximum Gasteiger partial charge on any atom is 0.470 e. The molecule has 2 aliphatic heterocycles. The van der Waals surface area contributed by atoms with Crippen LogP contribution in [0.3, 0.4) is 0 Å². The fraction of sp³-hybridized carbons (Fsp3) is 0.667. The molecule has 3 rings (SSSR count). The Morgan fingerprint density at radius 3 is 2.53 bits per heavy atom. The SMILES string of the molecule is CC(C)(CCOC(C)(C)C1C(N2CCCC2=O)c2cc(C#N)ccc2OC1(C)C)OP(=O)(O)O. The fourth-order valence-corrected chi connectivity index (χ4v) is 6.13. The molecule has 1 aromatic carbocycles. The lowest BCUT2D eigenvalue weighted by Crippen LogP contribution is -2.59. The molecule has 2 heterocycles. The first-order chi connectivity index (χ1) is 15.6. The minimum atomic E-state index is -4.64. The van der Waals surface area contributed by atoms with Gasteiger partial charge in [-0.1, -0.05) is 0 Å². The van der Waals surface area contributed by atoms with Crippen molar-refractivity contribution in [3.8, 4) is 11.8 Å². The normalized spacial score (nSPS) is 22.8. The number of ether oxygens (including phenoxy) is 2. The van der Waals surface area contributed by atoms with Crippen LogP contribution in [0.15, 0.2) is 18.2 Å². The second-order valence-corrected chi connectivity index (χ2v) is 11.9. The van der Waals surface area contributed by atoms with E-state index in [0.29, 0.717) is 24.3 Å². The molecule has 2 unspecified atom stereocenters. The largest absolute Gasteiger partial charge is 0.487 e. The Kier molecular flexibility index (Phi) is 7.25. The fourth-order valence-electron chi connectivity index (χ4n) is 5.39. The summed E-state index contributed by atoms with van der Waals surface area (Å²) < 4.78 is 28.9. The van der Waals surface area contributed by atoms with E-state index in [1.807, 2.05) is 32.6 Å². The van der Waals surface area contributed by atoms with Crippen molar-refractivity contribution in [2.24, 2.45) is 5.92 Å². The average molecular weight is 495 g/mol. The Morgan fingerprint density at radius 1 is 1.29 bits per heavy atom. The van der Waals surface area contributed by atoms with Crippen molar-refractivity contribution in [2.45, 2.75) is 83.6 Å². The van der Waals surface area contributed by atoms with E-state index < -0.39 is 24.6 Å². The van der Waals surface area contributed by atoms with Gasteiger partial charge in [-0.25, -0.2) is 4.57 Å². The molecule has 1 amide bonds. The Balaban J connectivity index is 1.95. The zero-order valence-electron chi connectivity index (χ0n) is 20.7. The molecule has 1 aromatic rings. The monoisotopic (exact) mass is 494 g/mol. The zero-order valence-corrected chi connectivity index (χ0v) is 21.6. The summed E-state index contributed by atoms with van der Waals surface area (Å²) in [5, 5.41) is 9.48. The Labute approximate surface area is 201 Å². The van der Waals surface area contributed by atoms with Gasteiger partial charge in [0.05, 0.1) is 41.4 Å². The summed E-state index contributed by atoms with van der Waals surface area (Å²) in [7, 11) is -4.64. The first kappa shape index (κ1) is 26.7. The molecule has 188 valence electrons. The number of carbonyl (C=O) groups excluding carboxylic acids is 1. The lowest BCUT2D eigenvalue weighted by molar-refractivity contribution is -0.165. The topological polar surface area (TPSA) is 129 Å². The van der Waals surface area contributed by atoms with Crippen molar-refractivity contribution >= 4 is 13.7 Å². The van der Waals surface area contributed by atoms with Crippen LogP contribution in [0.25, 0.3) is 0 Å². The highest BCUT2D eigenvalue weighted by Gasteiger charge is 2.55. The van der Waals surface area contributed by atoms with Crippen LogP contribution in [0.2, 0.25) is 0 Å². The molecule has 2 N–H and O–H groups in total. The molecule has 0 spiro atoms. The van der Waals surface area contributed by atoms with Gasteiger partial charge in [0, 0.05) is 18.5 Å². The number of fused-ring (bicyclic) bond motifs is 1. The maximum atomic E-state index is 12.9. The smallest absolute Gasteiger partial charge is 0.470 e. The lowest BCUT2D eigenvalue weighted by Gasteiger charge is -2.53. The summed E-state index contributed by atoms with van der Waals surface area (Å²) in [4.78, 5) is 33.1. The summed E-state index contributed by atoms with van der Waals surface area (Å²) in [6, 6.07) is 7.12. The van der Waals surface area contributed by atoms with Crippen LogP contribution in [-0.4, -0.2) is 50.5 Å². The first-order valence-electron chi connectivity index (χ1n) is 11.5. The highest BCUT2D eigenvalue weighted by atomic mass is 31.2. The van der Waals surface area contributed by atoms with Gasteiger partial charge in [-0.15, -0.1) is 0 Å². The molecule has 9 nitrogen and oxygen atoms in total. The van der Waals surface area contributed by atoms with Gasteiger partial charge < -0.3 is 24.2 Å². The third kappa shape index (κ3) is 5.81. The summed E-state index contributed by atoms with van der Waals surface area (Å²) in [5.74, 6) is 0.416. The van der Waals surface area contributed by atoms with Gasteiger partial charge in [0.15, 0.2) is 0 Å². The van der Waals surface area contributed by atoms with Crippen molar-refractivity contribution in [3.05, 3.63) is 29.3 Å². The van der Waals surface area contributed by atoms with Crippen molar-refractivity contribution in [1.82, 2.24) is 4.90 Å². The average Bonchev–Trinajstić information content (AvgIpc) is 3.09. The quantitative estimate of drug-likeness (QED) is 0.517. The minimum Gasteiger partial charge on any atom is -0.487 e. The molecule has 2 atom stereocenters. The van der Waals surface area contributed by atoms with Crippen LogP contribution >= 0.6 is 7.82 Å². The van der Waals surface area contributed by atoms with E-state index in [1.54, 1.807) is 32.0 Å². The predicted molar refractivity (Wildman–Crippen MR) is 125 cm³/mol. The molecule has 0 aliphatic carbocycles. The van der Waals surface area contributed by atoms with E-state index in [0.717, 1.165) is 12.0 Å². The Morgan fingerprint density at radius 2 is 1.97 bits per heavy atom. The van der Waals surface area contributed by atoms with E-state index in [9.17, 15) is 24.4 Å². The van der Waals surface area contributed by atoms with Gasteiger partial charge in [0.1, 0.15) is 11.4 Å². The van der Waals surface area contributed by atoms with Gasteiger partial charge in [-0.2, -0.15) is 5.26 Å². The second kappa shape index (κ2) is 9.25. The number of hydrogen-bond acceptors (Lipinski definition) is 6. The van der Waals surface area contributed by atoms with Crippen molar-refractivity contribution in [1.29, 1.82) is 5.26 Å². The predicted octanol–water partition coefficient (Wildman–Crippen LogP) is 4.08. The molecule has 2 aliphatic rings. The van der Waals surface area contributed by atoms with E-state index in [2.05, 4.69) is 6.07 Å². The molecule has 10 heteroatoms. The summed E-state index contributed by atoms with van der Waals surface area (Å²) in [6.45, 7) is 11.8. The van der Waals surface area contributed by atoms with E-state index >= 15 is 0 Å². The molecule has 0 saturated carbocycles. The third-order valence-electron chi connectivity index (χ3n) is 6.63. The van der Waals surface area contributed by atoms with E-state index in [4.69, 9.17) is 14.0 Å². The molecule has 0 bridgehead atoms. The number of amides is 1. The highest BCUT2D eigenvalue weighted by Crippen LogP contribution is 2.53. The van der Waals surface area contributed by atoms with Gasteiger partial charge in [-0.05, 0) is 72.6 Å². The molecular formula is C24H35N2O7P. The lowest BCUT2D eigenvalue weighted by atomic mass is 9.69. The molecule has 1 fully saturated rings. The van der Waals surface area contributed by atoms with Crippen molar-refractivity contribution < 1.29 is 33.1 Å². The molecule has 34 heavy (non-hydrogen) atoms. The summed E-state index contributed by atoms with van der Waals surface area (Å²) in [5.41, 5.74) is -1.31. The maximum absolute atomic E-state index is 12.9. The van der Waals surface area contributed by atoms with Crippen molar-refractivity contribution in [2.75, 3.05) is 13.2 Å². The number of nitrogens with zero attached hydrogens (tertiary/aromatic N) is 2. The molecule has 1 saturated heterocycles. The molecular weight excluding hydrogens is 459 g/mol. The molecule has 0 aromatic heterocycles. The second-order valence-electron chi connectivity index (χ2n) is 10.7. The molecule has 0 radical (unpaired) electrons. The van der Waals surface area contributed by atoms with Gasteiger partial charge in [-0.3, -0.25) is 9.32 Å². The van der Waals surface area contributed by atoms with Crippen LogP contribution in [-0.2, 0) is 18.6 Å². The van der Waals surface area contributed by atoms with Gasteiger partial charge >= 0.3 is 7.82 Å². The van der Waals surface area contributed by atoms with E-state index in [-0.39, 0.29) is 30.9 Å². The summed E-state index contributed by atoms with van der Waals surface area (Å²) >= 11 is 0. The van der Waals surface area contributed by atoms with Crippen LogP contribution in [0.5, 0.6) is 5.75 Å². The number of benzene rings is 1. The van der Waals surface area contributed by atoms with Crippen molar-refractivity contribution in [3.63, 3.8) is 0 Å². The minimum absolute atomic E-state index is 0.0630. The number of rotatable bonds is 8. The van der Waals surface area contributed by atoms with Crippen LogP contribution in [0.1, 0.15) is 78.0 Å². The van der Waals surface area contributed by atoms with Gasteiger partial charge in [0.2, 0.25) is 5.91 Å². The highest BCUT2D eigenvalue weighted by molar-refractivity contribution is 7.46. The number of carbonyl (C=O) groups is 1.